The van der Waals surface area contributed by atoms with E-state index in [0.717, 1.165) is 44.0 Å². The van der Waals surface area contributed by atoms with Crippen LogP contribution in [0.3, 0.4) is 0 Å². The maximum absolute atomic E-state index is 12.7. The summed E-state index contributed by atoms with van der Waals surface area (Å²) in [6, 6.07) is 6.33. The standard InChI is InChI=1S/C17H11Cl2F3O5.C9H17NOS/c1-8(15(23)24)26-16(25)11-7-10(3-4-12(11)18)27-14-5-2-9(6-13(14)19)17(20,21)22;1-2-12-9(11)10-7-5-3-4-6-8-10/h2-8H,1H3,(H,23,24);2-8H2,1H3/t8-;/m0./s1. The summed E-state index contributed by atoms with van der Waals surface area (Å²) in [6.07, 6.45) is -0.990. The van der Waals surface area contributed by atoms with Crippen LogP contribution in [0.5, 0.6) is 11.5 Å². The number of ether oxygens (including phenoxy) is 2. The summed E-state index contributed by atoms with van der Waals surface area (Å²) in [5.74, 6) is -1.49. The van der Waals surface area contributed by atoms with Crippen molar-refractivity contribution in [3.8, 4) is 11.5 Å². The van der Waals surface area contributed by atoms with Gasteiger partial charge in [0.2, 0.25) is 0 Å². The lowest BCUT2D eigenvalue weighted by molar-refractivity contribution is -0.146. The van der Waals surface area contributed by atoms with Crippen molar-refractivity contribution in [2.45, 2.75) is 51.8 Å². The Morgan fingerprint density at radius 2 is 1.67 bits per heavy atom. The van der Waals surface area contributed by atoms with Crippen LogP contribution in [0.2, 0.25) is 10.0 Å². The molecule has 2 aromatic carbocycles. The topological polar surface area (TPSA) is 93.1 Å². The fourth-order valence-corrected chi connectivity index (χ4v) is 4.38. The Morgan fingerprint density at radius 1 is 1.03 bits per heavy atom. The van der Waals surface area contributed by atoms with Crippen molar-refractivity contribution >= 4 is 52.1 Å². The second kappa shape index (κ2) is 15.2. The molecule has 1 atom stereocenters. The fraction of sp³-hybridized carbons (Fsp3) is 0.423. The van der Waals surface area contributed by atoms with Gasteiger partial charge in [-0.05, 0) is 61.9 Å². The lowest BCUT2D eigenvalue weighted by atomic mass is 10.2. The fourth-order valence-electron chi connectivity index (χ4n) is 3.35. The summed E-state index contributed by atoms with van der Waals surface area (Å²) in [7, 11) is 0. The normalized spacial score (nSPS) is 14.4. The van der Waals surface area contributed by atoms with Crippen LogP contribution in [0.25, 0.3) is 0 Å². The highest BCUT2D eigenvalue weighted by molar-refractivity contribution is 8.13. The first-order valence-electron chi connectivity index (χ1n) is 12.0. The summed E-state index contributed by atoms with van der Waals surface area (Å²) >= 11 is 13.2. The first-order valence-corrected chi connectivity index (χ1v) is 13.8. The second-order valence-corrected chi connectivity index (χ2v) is 10.4. The molecule has 214 valence electrons. The minimum atomic E-state index is -4.56. The highest BCUT2D eigenvalue weighted by atomic mass is 35.5. The molecule has 13 heteroatoms. The Hall–Kier alpha value is -2.63. The summed E-state index contributed by atoms with van der Waals surface area (Å²) in [5, 5.41) is 8.74. The molecule has 0 radical (unpaired) electrons. The number of hydrogen-bond acceptors (Lipinski definition) is 6. The summed E-state index contributed by atoms with van der Waals surface area (Å²) in [6.45, 7) is 5.15. The smallest absolute Gasteiger partial charge is 0.416 e. The van der Waals surface area contributed by atoms with Gasteiger partial charge in [-0.2, -0.15) is 13.2 Å². The van der Waals surface area contributed by atoms with E-state index >= 15 is 0 Å². The van der Waals surface area contributed by atoms with E-state index in [2.05, 4.69) is 0 Å². The lowest BCUT2D eigenvalue weighted by Crippen LogP contribution is -2.28. The number of thioether (sulfide) groups is 1. The molecule has 1 aliphatic rings. The molecule has 1 amide bonds. The Bertz CT molecular complexity index is 1160. The largest absolute Gasteiger partial charge is 0.479 e. The predicted molar refractivity (Wildman–Crippen MR) is 144 cm³/mol. The molecular formula is C26H28Cl2F3NO6S. The number of carboxylic acid groups (broad SMARTS) is 1. The van der Waals surface area contributed by atoms with E-state index < -0.39 is 29.8 Å². The average molecular weight is 610 g/mol. The maximum atomic E-state index is 12.7. The summed E-state index contributed by atoms with van der Waals surface area (Å²) in [4.78, 5) is 36.2. The van der Waals surface area contributed by atoms with Crippen LogP contribution in [0, 0.1) is 0 Å². The van der Waals surface area contributed by atoms with Gasteiger partial charge in [-0.3, -0.25) is 4.79 Å². The third kappa shape index (κ3) is 10.5. The Kier molecular flexibility index (Phi) is 12.7. The van der Waals surface area contributed by atoms with E-state index in [0.29, 0.717) is 6.07 Å². The molecule has 1 N–H and O–H groups in total. The van der Waals surface area contributed by atoms with Gasteiger partial charge >= 0.3 is 18.1 Å². The molecule has 1 aliphatic heterocycles. The molecule has 0 aliphatic carbocycles. The van der Waals surface area contributed by atoms with Gasteiger partial charge in [-0.15, -0.1) is 0 Å². The van der Waals surface area contributed by atoms with Gasteiger partial charge in [-0.25, -0.2) is 9.59 Å². The quantitative estimate of drug-likeness (QED) is 0.330. The van der Waals surface area contributed by atoms with E-state index in [1.54, 1.807) is 0 Å². The molecule has 1 saturated heterocycles. The molecule has 1 fully saturated rings. The molecule has 3 rings (SSSR count). The first-order chi connectivity index (χ1) is 18.3. The van der Waals surface area contributed by atoms with E-state index in [1.165, 1.54) is 49.6 Å². The van der Waals surface area contributed by atoms with E-state index in [-0.39, 0.29) is 32.3 Å². The minimum Gasteiger partial charge on any atom is -0.479 e. The number of hydrogen-bond donors (Lipinski definition) is 1. The number of nitrogens with zero attached hydrogens (tertiary/aromatic N) is 1. The molecule has 1 heterocycles. The molecule has 2 aromatic rings. The molecule has 0 aromatic heterocycles. The van der Waals surface area contributed by atoms with Gasteiger partial charge in [-0.1, -0.05) is 54.7 Å². The van der Waals surface area contributed by atoms with E-state index in [1.807, 2.05) is 11.8 Å². The zero-order valence-electron chi connectivity index (χ0n) is 21.2. The lowest BCUT2D eigenvalue weighted by Gasteiger charge is -2.18. The number of amides is 1. The third-order valence-electron chi connectivity index (χ3n) is 5.41. The zero-order valence-corrected chi connectivity index (χ0v) is 23.6. The highest BCUT2D eigenvalue weighted by Gasteiger charge is 2.31. The van der Waals surface area contributed by atoms with Crippen LogP contribution in [0.15, 0.2) is 36.4 Å². The van der Waals surface area contributed by atoms with Crippen molar-refractivity contribution in [1.29, 1.82) is 0 Å². The van der Waals surface area contributed by atoms with Crippen molar-refractivity contribution in [2.75, 3.05) is 18.8 Å². The van der Waals surface area contributed by atoms with Crippen LogP contribution >= 0.6 is 35.0 Å². The number of carboxylic acids is 1. The van der Waals surface area contributed by atoms with E-state index in [9.17, 15) is 27.6 Å². The van der Waals surface area contributed by atoms with Gasteiger partial charge in [0.05, 0.1) is 21.2 Å². The number of esters is 1. The number of benzene rings is 2. The van der Waals surface area contributed by atoms with Crippen LogP contribution in [0.1, 0.15) is 55.5 Å². The van der Waals surface area contributed by atoms with Crippen molar-refractivity contribution < 1.29 is 42.1 Å². The van der Waals surface area contributed by atoms with Crippen LogP contribution in [0.4, 0.5) is 18.0 Å². The number of likely N-dealkylation sites (tertiary alicyclic amines) is 1. The van der Waals surface area contributed by atoms with Gasteiger partial charge < -0.3 is 19.5 Å². The number of halogens is 5. The van der Waals surface area contributed by atoms with Gasteiger partial charge in [0.25, 0.3) is 5.24 Å². The van der Waals surface area contributed by atoms with Crippen LogP contribution in [-0.2, 0) is 15.7 Å². The molecule has 0 saturated carbocycles. The van der Waals surface area contributed by atoms with Gasteiger partial charge in [0.15, 0.2) is 6.10 Å². The van der Waals surface area contributed by atoms with Crippen molar-refractivity contribution in [1.82, 2.24) is 4.90 Å². The monoisotopic (exact) mass is 609 g/mol. The van der Waals surface area contributed by atoms with Gasteiger partial charge in [0, 0.05) is 13.1 Å². The number of carbonyl (C=O) groups excluding carboxylic acids is 2. The second-order valence-electron chi connectivity index (χ2n) is 8.37. The molecule has 39 heavy (non-hydrogen) atoms. The van der Waals surface area contributed by atoms with Gasteiger partial charge in [0.1, 0.15) is 11.5 Å². The summed E-state index contributed by atoms with van der Waals surface area (Å²) in [5.41, 5.74) is -1.12. The average Bonchev–Trinajstić information content (AvgIpc) is 3.16. The van der Waals surface area contributed by atoms with Crippen LogP contribution < -0.4 is 4.74 Å². The Balaban J connectivity index is 0.000000370. The number of carbonyl (C=O) groups is 3. The number of rotatable bonds is 6. The predicted octanol–water partition coefficient (Wildman–Crippen LogP) is 8.17. The van der Waals surface area contributed by atoms with Crippen molar-refractivity contribution in [2.24, 2.45) is 0 Å². The number of alkyl halides is 3. The summed E-state index contributed by atoms with van der Waals surface area (Å²) < 4.78 is 48.1. The molecular weight excluding hydrogens is 582 g/mol. The number of aliphatic carboxylic acids is 1. The van der Waals surface area contributed by atoms with E-state index in [4.69, 9.17) is 37.8 Å². The Morgan fingerprint density at radius 3 is 2.21 bits per heavy atom. The zero-order chi connectivity index (χ0) is 29.2. The third-order valence-corrected chi connectivity index (χ3v) is 6.83. The SMILES string of the molecule is CCSC(=O)N1CCCCCC1.C[C@H](OC(=O)c1cc(Oc2ccc(C(F)(F)F)cc2Cl)ccc1Cl)C(=O)O. The molecule has 0 bridgehead atoms. The first kappa shape index (κ1) is 32.6. The van der Waals surface area contributed by atoms with Crippen molar-refractivity contribution in [3.63, 3.8) is 0 Å². The highest BCUT2D eigenvalue weighted by Crippen LogP contribution is 2.37. The minimum absolute atomic E-state index is 0.0246. The maximum Gasteiger partial charge on any atom is 0.416 e. The molecule has 7 nitrogen and oxygen atoms in total. The molecule has 0 spiro atoms. The van der Waals surface area contributed by atoms with Crippen molar-refractivity contribution in [3.05, 3.63) is 57.6 Å². The molecule has 0 unspecified atom stereocenters. The Labute approximate surface area is 238 Å². The van der Waals surface area contributed by atoms with Crippen LogP contribution in [-0.4, -0.2) is 52.1 Å².